The highest BCUT2D eigenvalue weighted by Gasteiger charge is 2.27. The Morgan fingerprint density at radius 1 is 1.19 bits per heavy atom. The number of carbonyl (C=O) groups excluding carboxylic acids is 2. The molecule has 0 radical (unpaired) electrons. The fraction of sp³-hybridized carbons (Fsp3) is 0.522. The highest BCUT2D eigenvalue weighted by atomic mass is 32.1. The average Bonchev–Trinajstić information content (AvgIpc) is 3.14. The van der Waals surface area contributed by atoms with Crippen LogP contribution in [0.2, 0.25) is 0 Å². The molecule has 2 aromatic rings. The molecule has 1 aromatic heterocycles. The van der Waals surface area contributed by atoms with E-state index < -0.39 is 11.7 Å². The molecule has 0 atom stereocenters. The molecule has 0 spiro atoms. The number of aromatic nitrogens is 1. The van der Waals surface area contributed by atoms with Gasteiger partial charge in [-0.2, -0.15) is 0 Å². The number of nitrogens with two attached hydrogens (primary N) is 1. The van der Waals surface area contributed by atoms with Gasteiger partial charge in [0.1, 0.15) is 12.1 Å². The normalized spacial score (nSPS) is 14.8. The minimum absolute atomic E-state index is 0.0320. The number of nitrogen functional groups attached to an aromatic ring is 1. The lowest BCUT2D eigenvalue weighted by Gasteiger charge is -2.31. The van der Waals surface area contributed by atoms with Crippen LogP contribution in [0.5, 0.6) is 0 Å². The molecule has 31 heavy (non-hydrogen) atoms. The Morgan fingerprint density at radius 3 is 2.45 bits per heavy atom. The maximum absolute atomic E-state index is 12.7. The van der Waals surface area contributed by atoms with Gasteiger partial charge < -0.3 is 15.8 Å². The number of hydrogen-bond donors (Lipinski definition) is 2. The zero-order valence-corrected chi connectivity index (χ0v) is 19.3. The van der Waals surface area contributed by atoms with Crippen LogP contribution in [0.4, 0.5) is 15.6 Å². The van der Waals surface area contributed by atoms with Crippen LogP contribution in [-0.2, 0) is 9.53 Å². The third kappa shape index (κ3) is 7.24. The van der Waals surface area contributed by atoms with E-state index in [1.807, 2.05) is 50.4 Å². The number of rotatable bonds is 6. The molecular formula is C23H32N4O3S. The lowest BCUT2D eigenvalue weighted by molar-refractivity contribution is -0.117. The van der Waals surface area contributed by atoms with Crippen LogP contribution >= 0.6 is 11.3 Å². The molecule has 0 saturated heterocycles. The van der Waals surface area contributed by atoms with Crippen molar-refractivity contribution in [1.82, 2.24) is 9.88 Å². The largest absolute Gasteiger partial charge is 0.444 e. The Bertz CT molecular complexity index is 883. The molecule has 168 valence electrons. The summed E-state index contributed by atoms with van der Waals surface area (Å²) in [6.45, 7) is 6.02. The first-order chi connectivity index (χ1) is 14.7. The summed E-state index contributed by atoms with van der Waals surface area (Å²) in [6.07, 6.45) is 5.33. The minimum Gasteiger partial charge on any atom is -0.444 e. The number of benzene rings is 1. The molecule has 1 aromatic carbocycles. The van der Waals surface area contributed by atoms with Crippen LogP contribution in [0.3, 0.4) is 0 Å². The number of hydrogen-bond acceptors (Lipinski definition) is 6. The van der Waals surface area contributed by atoms with E-state index in [1.54, 1.807) is 4.90 Å². The summed E-state index contributed by atoms with van der Waals surface area (Å²) < 4.78 is 5.55. The second-order valence-corrected chi connectivity index (χ2v) is 9.95. The second kappa shape index (κ2) is 10.1. The zero-order chi connectivity index (χ0) is 22.4. The van der Waals surface area contributed by atoms with Gasteiger partial charge in [-0.3, -0.25) is 9.69 Å². The van der Waals surface area contributed by atoms with Crippen LogP contribution in [0.15, 0.2) is 29.6 Å². The van der Waals surface area contributed by atoms with Crippen LogP contribution < -0.4 is 11.1 Å². The van der Waals surface area contributed by atoms with E-state index in [0.29, 0.717) is 23.3 Å². The molecule has 3 N–H and O–H groups in total. The van der Waals surface area contributed by atoms with E-state index in [-0.39, 0.29) is 12.5 Å². The molecule has 1 fully saturated rings. The van der Waals surface area contributed by atoms with Crippen molar-refractivity contribution in [2.45, 2.75) is 58.5 Å². The molecule has 0 unspecified atom stereocenters. The Balaban J connectivity index is 1.62. The quantitative estimate of drug-likeness (QED) is 0.642. The lowest BCUT2D eigenvalue weighted by Crippen LogP contribution is -2.44. The van der Waals surface area contributed by atoms with Crippen LogP contribution in [-0.4, -0.2) is 40.6 Å². The van der Waals surface area contributed by atoms with Gasteiger partial charge in [-0.25, -0.2) is 9.78 Å². The number of amides is 2. The molecule has 0 bridgehead atoms. The van der Waals surface area contributed by atoms with Gasteiger partial charge in [0.25, 0.3) is 0 Å². The van der Waals surface area contributed by atoms with Crippen LogP contribution in [0, 0.1) is 5.92 Å². The van der Waals surface area contributed by atoms with Gasteiger partial charge in [-0.15, -0.1) is 11.3 Å². The maximum atomic E-state index is 12.7. The molecule has 1 aliphatic carbocycles. The van der Waals surface area contributed by atoms with E-state index in [0.717, 1.165) is 24.1 Å². The van der Waals surface area contributed by atoms with Gasteiger partial charge in [-0.05, 0) is 51.7 Å². The summed E-state index contributed by atoms with van der Waals surface area (Å²) >= 11 is 1.39. The highest BCUT2D eigenvalue weighted by Crippen LogP contribution is 2.26. The lowest BCUT2D eigenvalue weighted by atomic mass is 9.89. The first kappa shape index (κ1) is 23.1. The van der Waals surface area contributed by atoms with Crippen molar-refractivity contribution in [2.75, 3.05) is 24.1 Å². The third-order valence-corrected chi connectivity index (χ3v) is 5.85. The maximum Gasteiger partial charge on any atom is 0.410 e. The van der Waals surface area contributed by atoms with Crippen molar-refractivity contribution in [1.29, 1.82) is 0 Å². The predicted molar refractivity (Wildman–Crippen MR) is 125 cm³/mol. The van der Waals surface area contributed by atoms with E-state index in [1.165, 1.54) is 30.6 Å². The smallest absolute Gasteiger partial charge is 0.410 e. The van der Waals surface area contributed by atoms with Crippen molar-refractivity contribution >= 4 is 34.2 Å². The summed E-state index contributed by atoms with van der Waals surface area (Å²) in [6, 6.07) is 7.42. The Labute approximate surface area is 188 Å². The minimum atomic E-state index is -0.604. The standard InChI is InChI=1S/C23H32N4O3S/c1-23(2,3)30-22(29)27(13-16-7-5-4-6-8-16)14-20(28)25-18-11-9-17(10-12-18)19-15-31-21(24)26-19/h9-12,15-16H,4-8,13-14H2,1-3H3,(H2,24,26)(H,25,28). The summed E-state index contributed by atoms with van der Waals surface area (Å²) in [5, 5.41) is 5.30. The molecular weight excluding hydrogens is 412 g/mol. The first-order valence-electron chi connectivity index (χ1n) is 10.8. The molecule has 3 rings (SSSR count). The molecule has 2 amide bonds. The SMILES string of the molecule is CC(C)(C)OC(=O)N(CC(=O)Nc1ccc(-c2csc(N)n2)cc1)CC1CCCCC1. The average molecular weight is 445 g/mol. The number of anilines is 2. The number of nitrogens with one attached hydrogen (secondary N) is 1. The number of ether oxygens (including phenoxy) is 1. The van der Waals surface area contributed by atoms with Crippen LogP contribution in [0.1, 0.15) is 52.9 Å². The van der Waals surface area contributed by atoms with Crippen LogP contribution in [0.25, 0.3) is 11.3 Å². The summed E-state index contributed by atoms with van der Waals surface area (Å²) in [5.74, 6) is 0.172. The van der Waals surface area contributed by atoms with Crippen molar-refractivity contribution in [3.05, 3.63) is 29.6 Å². The predicted octanol–water partition coefficient (Wildman–Crippen LogP) is 5.15. The topological polar surface area (TPSA) is 97.5 Å². The fourth-order valence-electron chi connectivity index (χ4n) is 3.73. The molecule has 1 heterocycles. The zero-order valence-electron chi connectivity index (χ0n) is 18.5. The summed E-state index contributed by atoms with van der Waals surface area (Å²) in [4.78, 5) is 31.2. The van der Waals surface area contributed by atoms with E-state index in [2.05, 4.69) is 10.3 Å². The van der Waals surface area contributed by atoms with E-state index >= 15 is 0 Å². The Kier molecular flexibility index (Phi) is 7.54. The van der Waals surface area contributed by atoms with Crippen molar-refractivity contribution in [2.24, 2.45) is 5.92 Å². The van der Waals surface area contributed by atoms with Gasteiger partial charge in [0, 0.05) is 23.2 Å². The molecule has 8 heteroatoms. The van der Waals surface area contributed by atoms with Gasteiger partial charge >= 0.3 is 6.09 Å². The highest BCUT2D eigenvalue weighted by molar-refractivity contribution is 7.13. The number of nitrogens with zero attached hydrogens (tertiary/aromatic N) is 2. The van der Waals surface area contributed by atoms with Gasteiger partial charge in [0.15, 0.2) is 5.13 Å². The van der Waals surface area contributed by atoms with Gasteiger partial charge in [-0.1, -0.05) is 31.4 Å². The molecule has 1 saturated carbocycles. The first-order valence-corrected chi connectivity index (χ1v) is 11.7. The second-order valence-electron chi connectivity index (χ2n) is 9.06. The Hall–Kier alpha value is -2.61. The van der Waals surface area contributed by atoms with Gasteiger partial charge in [0.2, 0.25) is 5.91 Å². The molecule has 1 aliphatic rings. The van der Waals surface area contributed by atoms with Gasteiger partial charge in [0.05, 0.1) is 5.69 Å². The third-order valence-electron chi connectivity index (χ3n) is 5.18. The van der Waals surface area contributed by atoms with E-state index in [9.17, 15) is 9.59 Å². The van der Waals surface area contributed by atoms with Crippen molar-refractivity contribution in [3.8, 4) is 11.3 Å². The van der Waals surface area contributed by atoms with E-state index in [4.69, 9.17) is 10.5 Å². The summed E-state index contributed by atoms with van der Waals surface area (Å²) in [7, 11) is 0. The molecule has 7 nitrogen and oxygen atoms in total. The number of thiazole rings is 1. The van der Waals surface area contributed by atoms with Crippen molar-refractivity contribution in [3.63, 3.8) is 0 Å². The number of carbonyl (C=O) groups is 2. The fourth-order valence-corrected chi connectivity index (χ4v) is 4.30. The molecule has 0 aliphatic heterocycles. The van der Waals surface area contributed by atoms with Crippen molar-refractivity contribution < 1.29 is 14.3 Å². The summed E-state index contributed by atoms with van der Waals surface area (Å²) in [5.41, 5.74) is 7.50. The Morgan fingerprint density at radius 2 is 1.87 bits per heavy atom. The monoisotopic (exact) mass is 444 g/mol.